The number of benzene rings is 1. The van der Waals surface area contributed by atoms with E-state index in [9.17, 15) is 9.18 Å². The zero-order chi connectivity index (χ0) is 13.4. The molecule has 0 spiro atoms. The third kappa shape index (κ3) is 2.92. The van der Waals surface area contributed by atoms with Gasteiger partial charge in [-0.05, 0) is 31.4 Å². The highest BCUT2D eigenvalue weighted by Crippen LogP contribution is 2.25. The molecule has 0 radical (unpaired) electrons. The topological polar surface area (TPSA) is 32.3 Å². The fraction of sp³-hybridized carbons (Fsp3) is 0.500. The van der Waals surface area contributed by atoms with E-state index in [1.54, 1.807) is 11.0 Å². The van der Waals surface area contributed by atoms with E-state index in [1.807, 2.05) is 0 Å². The molecule has 1 aromatic rings. The Balaban J connectivity index is 0.00000147. The molecule has 6 heteroatoms. The molecule has 2 aliphatic rings. The standard InChI is InChI=1S/C14H16ClFN2O.ClH/c15-11-2-1-3-12(16)13(11)14(19)18-7-6-9-4-5-10(8-18)17-9;/h1-3,9-10,17H,4-8H2;1H. The van der Waals surface area contributed by atoms with Crippen molar-refractivity contribution >= 4 is 29.9 Å². The number of likely N-dealkylation sites (tertiary alicyclic amines) is 1. The summed E-state index contributed by atoms with van der Waals surface area (Å²) in [6.07, 6.45) is 3.18. The molecule has 3 nitrogen and oxygen atoms in total. The first-order valence-electron chi connectivity index (χ1n) is 6.64. The molecule has 2 saturated heterocycles. The van der Waals surface area contributed by atoms with Crippen LogP contribution >= 0.6 is 24.0 Å². The van der Waals surface area contributed by atoms with Crippen LogP contribution in [0.25, 0.3) is 0 Å². The number of rotatable bonds is 1. The van der Waals surface area contributed by atoms with Gasteiger partial charge in [0.15, 0.2) is 0 Å². The lowest BCUT2D eigenvalue weighted by Crippen LogP contribution is -2.39. The number of hydrogen-bond acceptors (Lipinski definition) is 2. The molecule has 1 amide bonds. The number of nitrogens with zero attached hydrogens (tertiary/aromatic N) is 1. The fourth-order valence-corrected chi connectivity index (χ4v) is 3.23. The van der Waals surface area contributed by atoms with Crippen LogP contribution in [0.3, 0.4) is 0 Å². The minimum atomic E-state index is -0.542. The second kappa shape index (κ2) is 6.29. The van der Waals surface area contributed by atoms with E-state index in [-0.39, 0.29) is 28.9 Å². The van der Waals surface area contributed by atoms with Crippen molar-refractivity contribution in [3.63, 3.8) is 0 Å². The van der Waals surface area contributed by atoms with Gasteiger partial charge in [-0.2, -0.15) is 0 Å². The first kappa shape index (κ1) is 15.5. The monoisotopic (exact) mass is 318 g/mol. The quantitative estimate of drug-likeness (QED) is 0.863. The smallest absolute Gasteiger partial charge is 0.258 e. The van der Waals surface area contributed by atoms with Gasteiger partial charge in [0, 0.05) is 25.2 Å². The van der Waals surface area contributed by atoms with Crippen LogP contribution in [0, 0.1) is 5.82 Å². The van der Waals surface area contributed by atoms with Gasteiger partial charge < -0.3 is 10.2 Å². The van der Waals surface area contributed by atoms with Crippen molar-refractivity contribution in [1.29, 1.82) is 0 Å². The van der Waals surface area contributed by atoms with Gasteiger partial charge in [-0.25, -0.2) is 4.39 Å². The first-order valence-corrected chi connectivity index (χ1v) is 7.02. The third-order valence-electron chi connectivity index (χ3n) is 3.99. The van der Waals surface area contributed by atoms with E-state index in [0.717, 1.165) is 12.8 Å². The normalized spacial score (nSPS) is 25.0. The number of hydrogen-bond donors (Lipinski definition) is 1. The van der Waals surface area contributed by atoms with Crippen LogP contribution in [0.1, 0.15) is 29.6 Å². The maximum absolute atomic E-state index is 13.8. The van der Waals surface area contributed by atoms with E-state index in [4.69, 9.17) is 11.6 Å². The molecule has 1 aromatic carbocycles. The van der Waals surface area contributed by atoms with Gasteiger partial charge in [0.25, 0.3) is 5.91 Å². The Morgan fingerprint density at radius 1 is 1.30 bits per heavy atom. The van der Waals surface area contributed by atoms with E-state index < -0.39 is 5.82 Å². The minimum Gasteiger partial charge on any atom is -0.337 e. The summed E-state index contributed by atoms with van der Waals surface area (Å²) in [5.41, 5.74) is 0.00180. The van der Waals surface area contributed by atoms with Crippen LogP contribution in [0.15, 0.2) is 18.2 Å². The zero-order valence-corrected chi connectivity index (χ0v) is 12.5. The van der Waals surface area contributed by atoms with Gasteiger partial charge in [-0.3, -0.25) is 4.79 Å². The average Bonchev–Trinajstić information content (AvgIpc) is 2.68. The summed E-state index contributed by atoms with van der Waals surface area (Å²) < 4.78 is 13.8. The van der Waals surface area contributed by atoms with E-state index in [2.05, 4.69) is 5.32 Å². The van der Waals surface area contributed by atoms with Crippen molar-refractivity contribution < 1.29 is 9.18 Å². The van der Waals surface area contributed by atoms with E-state index in [0.29, 0.717) is 25.2 Å². The maximum Gasteiger partial charge on any atom is 0.258 e. The Kier molecular flexibility index (Phi) is 4.89. The van der Waals surface area contributed by atoms with Crippen molar-refractivity contribution in [3.8, 4) is 0 Å². The summed E-state index contributed by atoms with van der Waals surface area (Å²) in [6, 6.07) is 5.18. The molecule has 2 fully saturated rings. The molecular weight excluding hydrogens is 302 g/mol. The minimum absolute atomic E-state index is 0. The third-order valence-corrected chi connectivity index (χ3v) is 4.30. The first-order chi connectivity index (χ1) is 9.15. The highest BCUT2D eigenvalue weighted by molar-refractivity contribution is 6.33. The number of halogens is 3. The van der Waals surface area contributed by atoms with Gasteiger partial charge in [-0.15, -0.1) is 12.4 Å². The summed E-state index contributed by atoms with van der Waals surface area (Å²) in [5, 5.41) is 3.69. The summed E-state index contributed by atoms with van der Waals surface area (Å²) in [4.78, 5) is 14.2. The van der Waals surface area contributed by atoms with Gasteiger partial charge in [0.2, 0.25) is 0 Å². The lowest BCUT2D eigenvalue weighted by Gasteiger charge is -2.24. The van der Waals surface area contributed by atoms with Gasteiger partial charge in [0.05, 0.1) is 10.6 Å². The molecular formula is C14H17Cl2FN2O. The van der Waals surface area contributed by atoms with Crippen LogP contribution in [0.2, 0.25) is 5.02 Å². The summed E-state index contributed by atoms with van der Waals surface area (Å²) >= 11 is 5.96. The van der Waals surface area contributed by atoms with Crippen molar-refractivity contribution in [2.24, 2.45) is 0 Å². The highest BCUT2D eigenvalue weighted by atomic mass is 35.5. The number of nitrogens with one attached hydrogen (secondary N) is 1. The maximum atomic E-state index is 13.8. The van der Waals surface area contributed by atoms with Crippen molar-refractivity contribution in [1.82, 2.24) is 10.2 Å². The molecule has 2 aliphatic heterocycles. The van der Waals surface area contributed by atoms with Crippen LogP contribution in [-0.2, 0) is 0 Å². The molecule has 0 aromatic heterocycles. The van der Waals surface area contributed by atoms with Crippen LogP contribution in [-0.4, -0.2) is 36.0 Å². The molecule has 2 bridgehead atoms. The molecule has 20 heavy (non-hydrogen) atoms. The van der Waals surface area contributed by atoms with Crippen LogP contribution < -0.4 is 5.32 Å². The second-order valence-electron chi connectivity index (χ2n) is 5.27. The van der Waals surface area contributed by atoms with Gasteiger partial charge in [0.1, 0.15) is 5.82 Å². The number of carbonyl (C=O) groups is 1. The molecule has 0 aliphatic carbocycles. The van der Waals surface area contributed by atoms with Crippen LogP contribution in [0.5, 0.6) is 0 Å². The lowest BCUT2D eigenvalue weighted by molar-refractivity contribution is 0.0743. The Morgan fingerprint density at radius 2 is 2.05 bits per heavy atom. The predicted molar refractivity (Wildman–Crippen MR) is 79.1 cm³/mol. The Morgan fingerprint density at radius 3 is 2.80 bits per heavy atom. The molecule has 1 N–H and O–H groups in total. The summed E-state index contributed by atoms with van der Waals surface area (Å²) in [5.74, 6) is -0.836. The average molecular weight is 319 g/mol. The molecule has 110 valence electrons. The molecule has 2 atom stereocenters. The second-order valence-corrected chi connectivity index (χ2v) is 5.68. The molecule has 2 unspecified atom stereocenters. The van der Waals surface area contributed by atoms with Crippen LogP contribution in [0.4, 0.5) is 4.39 Å². The number of carbonyl (C=O) groups excluding carboxylic acids is 1. The van der Waals surface area contributed by atoms with Gasteiger partial charge >= 0.3 is 0 Å². The fourth-order valence-electron chi connectivity index (χ4n) is 2.99. The summed E-state index contributed by atoms with van der Waals surface area (Å²) in [6.45, 7) is 1.30. The van der Waals surface area contributed by atoms with Crippen molar-refractivity contribution in [2.45, 2.75) is 31.3 Å². The molecule has 3 rings (SSSR count). The predicted octanol–water partition coefficient (Wildman–Crippen LogP) is 2.87. The molecule has 2 heterocycles. The largest absolute Gasteiger partial charge is 0.337 e. The lowest BCUT2D eigenvalue weighted by atomic mass is 10.1. The van der Waals surface area contributed by atoms with E-state index >= 15 is 0 Å². The Labute approximate surface area is 128 Å². The molecule has 0 saturated carbocycles. The SMILES string of the molecule is Cl.O=C(c1c(F)cccc1Cl)N1CCC2CCC(C1)N2. The summed E-state index contributed by atoms with van der Waals surface area (Å²) in [7, 11) is 0. The number of fused-ring (bicyclic) bond motifs is 2. The number of amides is 1. The Bertz CT molecular complexity index is 492. The zero-order valence-electron chi connectivity index (χ0n) is 10.9. The Hall–Kier alpha value is -0.840. The van der Waals surface area contributed by atoms with Gasteiger partial charge in [-0.1, -0.05) is 17.7 Å². The van der Waals surface area contributed by atoms with Crippen molar-refractivity contribution in [2.75, 3.05) is 13.1 Å². The van der Waals surface area contributed by atoms with E-state index in [1.165, 1.54) is 18.6 Å². The highest BCUT2D eigenvalue weighted by Gasteiger charge is 2.32. The van der Waals surface area contributed by atoms with Crippen molar-refractivity contribution in [3.05, 3.63) is 34.6 Å².